The largest absolute Gasteiger partial charge is 0.314 e. The summed E-state index contributed by atoms with van der Waals surface area (Å²) in [6.07, 6.45) is 19.8. The molecule has 0 bridgehead atoms. The topological polar surface area (TPSA) is 6.48 Å². The highest BCUT2D eigenvalue weighted by molar-refractivity contribution is 5.75. The van der Waals surface area contributed by atoms with Crippen LogP contribution in [0.1, 0.15) is 72.9 Å². The van der Waals surface area contributed by atoms with E-state index in [-0.39, 0.29) is 0 Å². The minimum atomic E-state index is 0.360. The van der Waals surface area contributed by atoms with Gasteiger partial charge in [0.2, 0.25) is 0 Å². The van der Waals surface area contributed by atoms with Crippen LogP contribution in [0.4, 0.5) is 22.7 Å². The summed E-state index contributed by atoms with van der Waals surface area (Å²) < 4.78 is 0. The van der Waals surface area contributed by atoms with Crippen molar-refractivity contribution in [1.29, 1.82) is 0 Å². The van der Waals surface area contributed by atoms with Crippen LogP contribution in [0, 0.1) is 37.0 Å². The van der Waals surface area contributed by atoms with Gasteiger partial charge in [-0.3, -0.25) is 0 Å². The van der Waals surface area contributed by atoms with Gasteiger partial charge in [0, 0.05) is 40.1 Å². The molecule has 0 radical (unpaired) electrons. The Morgan fingerprint density at radius 1 is 0.636 bits per heavy atom. The quantitative estimate of drug-likeness (QED) is 0.126. The molecule has 5 aromatic carbocycles. The highest BCUT2D eigenvalue weighted by atomic mass is 15.2. The smallest absolute Gasteiger partial charge is 0.0461 e. The van der Waals surface area contributed by atoms with Crippen LogP contribution in [-0.4, -0.2) is 0 Å². The number of anilines is 4. The molecule has 0 aliphatic heterocycles. The van der Waals surface area contributed by atoms with Gasteiger partial charge in [0.1, 0.15) is 0 Å². The van der Waals surface area contributed by atoms with Gasteiger partial charge in [0.05, 0.1) is 0 Å². The van der Waals surface area contributed by atoms with Gasteiger partial charge in [0.25, 0.3) is 0 Å². The molecule has 2 heteroatoms. The number of rotatable bonds is 11. The van der Waals surface area contributed by atoms with Gasteiger partial charge in [-0.25, -0.2) is 0 Å². The standard InChI is InChI=1S/C53H52N2/c1-36-6-21-45(22-7-36)54(49-30-31-53(5)35-44(53)33-49)46-27-17-42(18-28-46)32-39(4)43-19-13-40(14-20-43)11-12-41-15-25-48(26-16-41)55(47-23-8-37(2)9-24-47)52-29-10-38(3)50-34-51(50)52/h6-31,33,39,44,50-51H,32,34-35H2,1-5H3/b12-11+. The van der Waals surface area contributed by atoms with Crippen LogP contribution in [0.25, 0.3) is 12.2 Å². The van der Waals surface area contributed by atoms with Crippen molar-refractivity contribution in [3.05, 3.63) is 202 Å². The van der Waals surface area contributed by atoms with Gasteiger partial charge in [0.15, 0.2) is 0 Å². The van der Waals surface area contributed by atoms with Gasteiger partial charge in [-0.05, 0) is 146 Å². The average molecular weight is 717 g/mol. The van der Waals surface area contributed by atoms with Crippen LogP contribution in [0.15, 0.2) is 169 Å². The summed E-state index contributed by atoms with van der Waals surface area (Å²) in [5, 5.41) is 0. The van der Waals surface area contributed by atoms with Gasteiger partial charge in [-0.2, -0.15) is 0 Å². The summed E-state index contributed by atoms with van der Waals surface area (Å²) in [5.41, 5.74) is 17.1. The van der Waals surface area contributed by atoms with Gasteiger partial charge in [-0.1, -0.05) is 134 Å². The number of aryl methyl sites for hydroxylation is 2. The third kappa shape index (κ3) is 7.31. The normalized spacial score (nSPS) is 22.6. The van der Waals surface area contributed by atoms with Crippen LogP contribution < -0.4 is 9.80 Å². The SMILES string of the molecule is CC1=CC=C(N(c2ccc(C)cc2)c2ccc(/C=C/c3ccc(C(C)Cc4ccc(N(C5=CC6CC6(C)C=C5)c5ccc(C)cc5)cc4)cc3)cc2)C2CC12. The number of fused-ring (bicyclic) bond motifs is 2. The second-order valence-electron chi connectivity index (χ2n) is 16.9. The van der Waals surface area contributed by atoms with E-state index in [1.165, 1.54) is 85.9 Å². The zero-order valence-electron chi connectivity index (χ0n) is 32.9. The Morgan fingerprint density at radius 2 is 1.16 bits per heavy atom. The Balaban J connectivity index is 0.859. The molecular weight excluding hydrogens is 665 g/mol. The number of hydrogen-bond acceptors (Lipinski definition) is 2. The van der Waals surface area contributed by atoms with Crippen LogP contribution >= 0.6 is 0 Å². The van der Waals surface area contributed by atoms with Crippen molar-refractivity contribution in [2.75, 3.05) is 9.80 Å². The minimum absolute atomic E-state index is 0.360. The Hall–Kier alpha value is -5.60. The lowest BCUT2D eigenvalue weighted by Crippen LogP contribution is -2.19. The third-order valence-corrected chi connectivity index (χ3v) is 12.6. The minimum Gasteiger partial charge on any atom is -0.314 e. The van der Waals surface area contributed by atoms with Crippen LogP contribution in [0.3, 0.4) is 0 Å². The number of benzene rings is 5. The van der Waals surface area contributed by atoms with Crippen molar-refractivity contribution < 1.29 is 0 Å². The third-order valence-electron chi connectivity index (χ3n) is 12.6. The molecule has 0 saturated heterocycles. The summed E-state index contributed by atoms with van der Waals surface area (Å²) in [7, 11) is 0. The molecule has 274 valence electrons. The molecule has 2 saturated carbocycles. The monoisotopic (exact) mass is 716 g/mol. The molecule has 0 N–H and O–H groups in total. The van der Waals surface area contributed by atoms with Crippen molar-refractivity contribution in [1.82, 2.24) is 0 Å². The Bertz CT molecular complexity index is 2330. The van der Waals surface area contributed by atoms with Gasteiger partial charge >= 0.3 is 0 Å². The predicted molar refractivity (Wildman–Crippen MR) is 234 cm³/mol. The number of allylic oxidation sites excluding steroid dienone is 7. The maximum absolute atomic E-state index is 2.47. The molecular formula is C53H52N2. The lowest BCUT2D eigenvalue weighted by molar-refractivity contribution is 0.684. The maximum atomic E-state index is 2.47. The molecule has 4 aliphatic carbocycles. The lowest BCUT2D eigenvalue weighted by Gasteiger charge is -2.30. The molecule has 2 nitrogen and oxygen atoms in total. The summed E-state index contributed by atoms with van der Waals surface area (Å²) in [6, 6.07) is 45.2. The fourth-order valence-corrected chi connectivity index (χ4v) is 8.67. The lowest BCUT2D eigenvalue weighted by atomic mass is 9.93. The van der Waals surface area contributed by atoms with E-state index in [0.29, 0.717) is 29.1 Å². The number of nitrogens with zero attached hydrogens (tertiary/aromatic N) is 2. The van der Waals surface area contributed by atoms with E-state index in [1.54, 1.807) is 0 Å². The van der Waals surface area contributed by atoms with Crippen molar-refractivity contribution in [3.8, 4) is 0 Å². The molecule has 5 aromatic rings. The van der Waals surface area contributed by atoms with Crippen LogP contribution in [0.2, 0.25) is 0 Å². The molecule has 55 heavy (non-hydrogen) atoms. The second kappa shape index (κ2) is 14.2. The van der Waals surface area contributed by atoms with Crippen LogP contribution in [0.5, 0.6) is 0 Å². The van der Waals surface area contributed by atoms with Gasteiger partial charge in [-0.15, -0.1) is 0 Å². The van der Waals surface area contributed by atoms with E-state index < -0.39 is 0 Å². The predicted octanol–water partition coefficient (Wildman–Crippen LogP) is 14.1. The molecule has 0 amide bonds. The first-order chi connectivity index (χ1) is 26.7. The summed E-state index contributed by atoms with van der Waals surface area (Å²) >= 11 is 0. The molecule has 9 rings (SSSR count). The summed E-state index contributed by atoms with van der Waals surface area (Å²) in [6.45, 7) is 11.3. The molecule has 4 aliphatic rings. The van der Waals surface area contributed by atoms with Crippen molar-refractivity contribution >= 4 is 34.9 Å². The van der Waals surface area contributed by atoms with Crippen molar-refractivity contribution in [3.63, 3.8) is 0 Å². The highest BCUT2D eigenvalue weighted by Crippen LogP contribution is 2.57. The first-order valence-electron chi connectivity index (χ1n) is 20.2. The fourth-order valence-electron chi connectivity index (χ4n) is 8.67. The van der Waals surface area contributed by atoms with E-state index in [2.05, 4.69) is 208 Å². The van der Waals surface area contributed by atoms with Crippen molar-refractivity contribution in [2.24, 2.45) is 23.2 Å². The van der Waals surface area contributed by atoms with E-state index in [9.17, 15) is 0 Å². The Kier molecular flexibility index (Phi) is 9.09. The summed E-state index contributed by atoms with van der Waals surface area (Å²) in [4.78, 5) is 4.88. The van der Waals surface area contributed by atoms with E-state index in [0.717, 1.165) is 6.42 Å². The zero-order valence-corrected chi connectivity index (χ0v) is 32.9. The second-order valence-corrected chi connectivity index (χ2v) is 16.9. The van der Waals surface area contributed by atoms with E-state index in [1.807, 2.05) is 0 Å². The maximum Gasteiger partial charge on any atom is 0.0461 e. The fraction of sp³-hybridized carbons (Fsp3) is 0.245. The van der Waals surface area contributed by atoms with Crippen molar-refractivity contribution in [2.45, 2.75) is 59.8 Å². The average Bonchev–Trinajstić information content (AvgIpc) is 4.13. The Morgan fingerprint density at radius 3 is 1.75 bits per heavy atom. The molecule has 5 atom stereocenters. The number of hydrogen-bond donors (Lipinski definition) is 0. The molecule has 2 fully saturated rings. The molecule has 5 unspecified atom stereocenters. The van der Waals surface area contributed by atoms with E-state index >= 15 is 0 Å². The van der Waals surface area contributed by atoms with E-state index in [4.69, 9.17) is 0 Å². The zero-order chi connectivity index (χ0) is 37.7. The molecule has 0 spiro atoms. The first kappa shape index (κ1) is 35.1. The first-order valence-corrected chi connectivity index (χ1v) is 20.2. The summed E-state index contributed by atoms with van der Waals surface area (Å²) in [5.74, 6) is 2.39. The highest BCUT2D eigenvalue weighted by Gasteiger charge is 2.48. The Labute approximate surface area is 328 Å². The van der Waals surface area contributed by atoms with Crippen LogP contribution in [-0.2, 0) is 6.42 Å². The molecule has 0 aromatic heterocycles. The van der Waals surface area contributed by atoms with Gasteiger partial charge < -0.3 is 9.80 Å². The molecule has 0 heterocycles.